The van der Waals surface area contributed by atoms with E-state index in [0.717, 1.165) is 36.0 Å². The summed E-state index contributed by atoms with van der Waals surface area (Å²) in [6.45, 7) is 5.89. The number of benzene rings is 1. The van der Waals surface area contributed by atoms with Crippen molar-refractivity contribution < 1.29 is 9.47 Å². The lowest BCUT2D eigenvalue weighted by Gasteiger charge is -2.27. The monoisotopic (exact) mass is 289 g/mol. The maximum atomic E-state index is 6.23. The fourth-order valence-corrected chi connectivity index (χ4v) is 3.73. The molecule has 114 valence electrons. The Kier molecular flexibility index (Phi) is 3.30. The van der Waals surface area contributed by atoms with E-state index in [-0.39, 0.29) is 0 Å². The SMILES string of the molecule is Nc1cc2c(cc1N1CCC(N3CCCC3)C1)OCCO2. The number of nitrogens with zero attached hydrogens (tertiary/aromatic N) is 2. The Morgan fingerprint density at radius 2 is 1.71 bits per heavy atom. The van der Waals surface area contributed by atoms with Gasteiger partial charge >= 0.3 is 0 Å². The molecule has 2 fully saturated rings. The van der Waals surface area contributed by atoms with Crippen LogP contribution in [0.1, 0.15) is 19.3 Å². The fraction of sp³-hybridized carbons (Fsp3) is 0.625. The van der Waals surface area contributed by atoms with Crippen LogP contribution in [-0.4, -0.2) is 50.3 Å². The Bertz CT molecular complexity index is 528. The summed E-state index contributed by atoms with van der Waals surface area (Å²) in [5.74, 6) is 1.60. The first-order valence-electron chi connectivity index (χ1n) is 7.99. The Hall–Kier alpha value is -1.62. The predicted molar refractivity (Wildman–Crippen MR) is 83.3 cm³/mol. The second-order valence-electron chi connectivity index (χ2n) is 6.19. The Labute approximate surface area is 125 Å². The van der Waals surface area contributed by atoms with Gasteiger partial charge in [-0.3, -0.25) is 4.90 Å². The van der Waals surface area contributed by atoms with Gasteiger partial charge in [0.1, 0.15) is 13.2 Å². The van der Waals surface area contributed by atoms with Crippen LogP contribution in [0, 0.1) is 0 Å². The highest BCUT2D eigenvalue weighted by molar-refractivity contribution is 5.73. The fourth-order valence-electron chi connectivity index (χ4n) is 3.73. The van der Waals surface area contributed by atoms with Crippen molar-refractivity contribution in [2.24, 2.45) is 0 Å². The maximum absolute atomic E-state index is 6.23. The normalized spacial score (nSPS) is 25.5. The van der Waals surface area contributed by atoms with Gasteiger partial charge in [-0.05, 0) is 32.4 Å². The Morgan fingerprint density at radius 3 is 2.48 bits per heavy atom. The van der Waals surface area contributed by atoms with Crippen LogP contribution in [-0.2, 0) is 0 Å². The van der Waals surface area contributed by atoms with Crippen LogP contribution in [0.2, 0.25) is 0 Å². The number of hydrogen-bond donors (Lipinski definition) is 1. The van der Waals surface area contributed by atoms with E-state index in [1.165, 1.54) is 32.4 Å². The van der Waals surface area contributed by atoms with Gasteiger partial charge in [-0.1, -0.05) is 0 Å². The molecule has 1 aromatic rings. The number of rotatable bonds is 2. The summed E-state index contributed by atoms with van der Waals surface area (Å²) in [5.41, 5.74) is 8.12. The van der Waals surface area contributed by atoms with E-state index in [9.17, 15) is 0 Å². The third-order valence-electron chi connectivity index (χ3n) is 4.85. The molecule has 0 bridgehead atoms. The zero-order chi connectivity index (χ0) is 14.2. The number of hydrogen-bond acceptors (Lipinski definition) is 5. The van der Waals surface area contributed by atoms with E-state index < -0.39 is 0 Å². The van der Waals surface area contributed by atoms with Crippen LogP contribution < -0.4 is 20.1 Å². The lowest BCUT2D eigenvalue weighted by Crippen LogP contribution is -2.35. The molecular formula is C16H23N3O2. The van der Waals surface area contributed by atoms with E-state index in [0.29, 0.717) is 19.3 Å². The van der Waals surface area contributed by atoms with Crippen molar-refractivity contribution in [3.8, 4) is 11.5 Å². The standard InChI is InChI=1S/C16H23N3O2/c17-13-9-15-16(21-8-7-20-15)10-14(13)19-6-3-12(11-19)18-4-1-2-5-18/h9-10,12H,1-8,11,17H2. The maximum Gasteiger partial charge on any atom is 0.163 e. The molecule has 5 heteroatoms. The molecule has 0 amide bonds. The number of nitrogens with two attached hydrogens (primary N) is 1. The number of fused-ring (bicyclic) bond motifs is 1. The van der Waals surface area contributed by atoms with Crippen molar-refractivity contribution in [1.82, 2.24) is 4.90 Å². The second-order valence-corrected chi connectivity index (χ2v) is 6.19. The highest BCUT2D eigenvalue weighted by atomic mass is 16.6. The molecule has 3 aliphatic heterocycles. The molecule has 0 spiro atoms. The molecule has 0 aliphatic carbocycles. The van der Waals surface area contributed by atoms with Crippen molar-refractivity contribution in [3.05, 3.63) is 12.1 Å². The van der Waals surface area contributed by atoms with Gasteiger partial charge in [0, 0.05) is 31.3 Å². The molecule has 4 rings (SSSR count). The molecule has 3 heterocycles. The van der Waals surface area contributed by atoms with Gasteiger partial charge < -0.3 is 20.1 Å². The van der Waals surface area contributed by atoms with Gasteiger partial charge in [0.15, 0.2) is 11.5 Å². The molecule has 1 atom stereocenters. The molecule has 2 saturated heterocycles. The topological polar surface area (TPSA) is 51.0 Å². The van der Waals surface area contributed by atoms with Gasteiger partial charge in [0.2, 0.25) is 0 Å². The minimum atomic E-state index is 0.604. The molecule has 1 unspecified atom stereocenters. The quantitative estimate of drug-likeness (QED) is 0.840. The van der Waals surface area contributed by atoms with Crippen LogP contribution in [0.4, 0.5) is 11.4 Å². The summed E-state index contributed by atoms with van der Waals surface area (Å²) >= 11 is 0. The van der Waals surface area contributed by atoms with Gasteiger partial charge in [-0.15, -0.1) is 0 Å². The van der Waals surface area contributed by atoms with E-state index >= 15 is 0 Å². The summed E-state index contributed by atoms with van der Waals surface area (Å²) in [6, 6.07) is 4.64. The summed E-state index contributed by atoms with van der Waals surface area (Å²) in [4.78, 5) is 5.03. The van der Waals surface area contributed by atoms with Crippen molar-refractivity contribution in [2.75, 3.05) is 50.0 Å². The van der Waals surface area contributed by atoms with Gasteiger partial charge in [0.05, 0.1) is 11.4 Å². The number of nitrogen functional groups attached to an aromatic ring is 1. The van der Waals surface area contributed by atoms with Crippen LogP contribution in [0.3, 0.4) is 0 Å². The summed E-state index contributed by atoms with van der Waals surface area (Å²) < 4.78 is 11.3. The zero-order valence-corrected chi connectivity index (χ0v) is 12.4. The average Bonchev–Trinajstić information content (AvgIpc) is 3.17. The lowest BCUT2D eigenvalue weighted by atomic mass is 10.2. The first-order valence-corrected chi connectivity index (χ1v) is 7.99. The van der Waals surface area contributed by atoms with Crippen molar-refractivity contribution >= 4 is 11.4 Å². The van der Waals surface area contributed by atoms with Gasteiger partial charge in [0.25, 0.3) is 0 Å². The van der Waals surface area contributed by atoms with E-state index in [1.54, 1.807) is 0 Å². The van der Waals surface area contributed by atoms with Crippen LogP contribution in [0.15, 0.2) is 12.1 Å². The zero-order valence-electron chi connectivity index (χ0n) is 12.4. The molecule has 5 nitrogen and oxygen atoms in total. The molecule has 21 heavy (non-hydrogen) atoms. The van der Waals surface area contributed by atoms with Crippen molar-refractivity contribution in [3.63, 3.8) is 0 Å². The molecular weight excluding hydrogens is 266 g/mol. The summed E-state index contributed by atoms with van der Waals surface area (Å²) in [7, 11) is 0. The third-order valence-corrected chi connectivity index (χ3v) is 4.85. The molecule has 0 saturated carbocycles. The Balaban J connectivity index is 1.53. The number of ether oxygens (including phenoxy) is 2. The first kappa shape index (κ1) is 13.1. The molecule has 3 aliphatic rings. The average molecular weight is 289 g/mol. The van der Waals surface area contributed by atoms with Crippen LogP contribution >= 0.6 is 0 Å². The molecule has 0 aromatic heterocycles. The van der Waals surface area contributed by atoms with Crippen LogP contribution in [0.5, 0.6) is 11.5 Å². The Morgan fingerprint density at radius 1 is 1.00 bits per heavy atom. The van der Waals surface area contributed by atoms with Crippen molar-refractivity contribution in [2.45, 2.75) is 25.3 Å². The van der Waals surface area contributed by atoms with E-state index in [2.05, 4.69) is 15.9 Å². The molecule has 0 radical (unpaired) electrons. The second kappa shape index (κ2) is 5.30. The number of likely N-dealkylation sites (tertiary alicyclic amines) is 1. The first-order chi connectivity index (χ1) is 10.3. The number of anilines is 2. The van der Waals surface area contributed by atoms with Gasteiger partial charge in [-0.25, -0.2) is 0 Å². The minimum Gasteiger partial charge on any atom is -0.486 e. The van der Waals surface area contributed by atoms with Crippen LogP contribution in [0.25, 0.3) is 0 Å². The summed E-state index contributed by atoms with van der Waals surface area (Å²) in [5, 5.41) is 0. The lowest BCUT2D eigenvalue weighted by molar-refractivity contribution is 0.172. The van der Waals surface area contributed by atoms with E-state index in [1.807, 2.05) is 6.07 Å². The predicted octanol–water partition coefficient (Wildman–Crippen LogP) is 1.71. The van der Waals surface area contributed by atoms with Crippen molar-refractivity contribution in [1.29, 1.82) is 0 Å². The molecule has 1 aromatic carbocycles. The third kappa shape index (κ3) is 2.39. The highest BCUT2D eigenvalue weighted by Crippen LogP contribution is 2.40. The highest BCUT2D eigenvalue weighted by Gasteiger charge is 2.30. The van der Waals surface area contributed by atoms with Gasteiger partial charge in [-0.2, -0.15) is 0 Å². The summed E-state index contributed by atoms with van der Waals surface area (Å²) in [6.07, 6.45) is 3.93. The largest absolute Gasteiger partial charge is 0.486 e. The molecule has 2 N–H and O–H groups in total. The minimum absolute atomic E-state index is 0.604. The smallest absolute Gasteiger partial charge is 0.163 e. The van der Waals surface area contributed by atoms with E-state index in [4.69, 9.17) is 15.2 Å².